The molecule has 0 saturated heterocycles. The minimum atomic E-state index is -6.00. The van der Waals surface area contributed by atoms with Crippen LogP contribution in [0.1, 0.15) is 6.92 Å². The molecule has 2 atom stereocenters. The van der Waals surface area contributed by atoms with Crippen LogP contribution < -0.4 is 19.8 Å². The second-order valence-corrected chi connectivity index (χ2v) is 9.93. The third kappa shape index (κ3) is 7.20. The SMILES string of the molecule is CC(C(=O)NCC(F)(F)C(F)(F)F)C(=O)NC1CN(S(C)(=O)=O)c2ccccc2N(CC(F)(F)F)C1=O. The molecule has 0 bridgehead atoms. The highest BCUT2D eigenvalue weighted by atomic mass is 32.2. The Morgan fingerprint density at radius 3 is 2.05 bits per heavy atom. The summed E-state index contributed by atoms with van der Waals surface area (Å²) in [5.74, 6) is -11.8. The van der Waals surface area contributed by atoms with Gasteiger partial charge in [0.15, 0.2) is 0 Å². The van der Waals surface area contributed by atoms with Crippen LogP contribution in [0, 0.1) is 5.92 Å². The number of halogens is 8. The van der Waals surface area contributed by atoms with Gasteiger partial charge in [-0.25, -0.2) is 8.42 Å². The van der Waals surface area contributed by atoms with E-state index in [9.17, 15) is 57.9 Å². The molecule has 1 aliphatic heterocycles. The van der Waals surface area contributed by atoms with E-state index in [0.717, 1.165) is 19.1 Å². The Kier molecular flexibility index (Phi) is 8.36. The molecule has 208 valence electrons. The summed E-state index contributed by atoms with van der Waals surface area (Å²) in [6.45, 7) is -4.22. The molecule has 2 N–H and O–H groups in total. The van der Waals surface area contributed by atoms with Crippen LogP contribution in [0.5, 0.6) is 0 Å². The van der Waals surface area contributed by atoms with Gasteiger partial charge in [-0.15, -0.1) is 0 Å². The van der Waals surface area contributed by atoms with Crippen LogP contribution in [-0.2, 0) is 24.4 Å². The Morgan fingerprint density at radius 1 is 1.03 bits per heavy atom. The number of carbonyl (C=O) groups is 3. The predicted molar refractivity (Wildman–Crippen MR) is 112 cm³/mol. The van der Waals surface area contributed by atoms with E-state index in [0.29, 0.717) is 10.6 Å². The van der Waals surface area contributed by atoms with E-state index in [-0.39, 0.29) is 10.6 Å². The summed E-state index contributed by atoms with van der Waals surface area (Å²) in [7, 11) is -4.24. The number of benzene rings is 1. The molecule has 1 heterocycles. The number of amides is 3. The van der Waals surface area contributed by atoms with Crippen molar-refractivity contribution in [1.29, 1.82) is 0 Å². The summed E-state index contributed by atoms with van der Waals surface area (Å²) in [4.78, 5) is 37.7. The number of carbonyl (C=O) groups excluding carboxylic acids is 3. The predicted octanol–water partition coefficient (Wildman–Crippen LogP) is 1.80. The van der Waals surface area contributed by atoms with Crippen molar-refractivity contribution in [3.05, 3.63) is 24.3 Å². The fraction of sp³-hybridized carbons (Fsp3) is 0.526. The fourth-order valence-corrected chi connectivity index (χ4v) is 4.11. The number of nitrogens with one attached hydrogen (secondary N) is 2. The van der Waals surface area contributed by atoms with Crippen LogP contribution in [0.15, 0.2) is 24.3 Å². The molecule has 0 saturated carbocycles. The number of hydrogen-bond donors (Lipinski definition) is 2. The van der Waals surface area contributed by atoms with Crippen molar-refractivity contribution >= 4 is 39.1 Å². The van der Waals surface area contributed by atoms with Gasteiger partial charge < -0.3 is 10.6 Å². The molecule has 1 aromatic rings. The minimum absolute atomic E-state index is 0.181. The van der Waals surface area contributed by atoms with Crippen LogP contribution in [-0.4, -0.2) is 76.3 Å². The van der Waals surface area contributed by atoms with Gasteiger partial charge in [0.05, 0.1) is 30.7 Å². The molecular weight excluding hydrogens is 548 g/mol. The van der Waals surface area contributed by atoms with Gasteiger partial charge in [0.2, 0.25) is 21.8 Å². The van der Waals surface area contributed by atoms with E-state index in [2.05, 4.69) is 0 Å². The van der Waals surface area contributed by atoms with Crippen LogP contribution in [0.3, 0.4) is 0 Å². The van der Waals surface area contributed by atoms with Crippen molar-refractivity contribution in [2.24, 2.45) is 5.92 Å². The number of hydrogen-bond acceptors (Lipinski definition) is 5. The van der Waals surface area contributed by atoms with Crippen molar-refractivity contribution in [3.63, 3.8) is 0 Å². The lowest BCUT2D eigenvalue weighted by molar-refractivity contribution is -0.278. The number of rotatable bonds is 7. The first-order valence-corrected chi connectivity index (χ1v) is 12.0. The quantitative estimate of drug-likeness (QED) is 0.385. The molecule has 2 rings (SSSR count). The van der Waals surface area contributed by atoms with Gasteiger partial charge in [-0.2, -0.15) is 35.1 Å². The molecule has 0 spiro atoms. The Labute approximate surface area is 204 Å². The smallest absolute Gasteiger partial charge is 0.349 e. The van der Waals surface area contributed by atoms with Gasteiger partial charge in [-0.1, -0.05) is 12.1 Å². The minimum Gasteiger partial charge on any atom is -0.349 e. The standard InChI is InChI=1S/C19H20F8N4O5S/c1-10(14(32)28-8-17(20,21)19(25,26)27)15(33)29-11-7-31(37(2,35)36)13-6-4-3-5-12(13)30(16(11)34)9-18(22,23)24/h3-6,10-11H,7-9H2,1-2H3,(H,28,32)(H,29,33). The molecule has 0 radical (unpaired) electrons. The van der Waals surface area contributed by atoms with Crippen LogP contribution in [0.4, 0.5) is 46.5 Å². The van der Waals surface area contributed by atoms with Gasteiger partial charge in [-0.05, 0) is 19.1 Å². The maximum Gasteiger partial charge on any atom is 0.455 e. The Hall–Kier alpha value is -3.18. The molecule has 0 fully saturated rings. The van der Waals surface area contributed by atoms with Gasteiger partial charge in [-0.3, -0.25) is 23.6 Å². The number of sulfonamides is 1. The van der Waals surface area contributed by atoms with E-state index in [1.807, 2.05) is 5.32 Å². The van der Waals surface area contributed by atoms with Crippen molar-refractivity contribution in [3.8, 4) is 0 Å². The number of anilines is 2. The second-order valence-electron chi connectivity index (χ2n) is 8.03. The topological polar surface area (TPSA) is 116 Å². The fourth-order valence-electron chi connectivity index (χ4n) is 3.18. The van der Waals surface area contributed by atoms with Gasteiger partial charge in [0.1, 0.15) is 18.5 Å². The molecule has 18 heteroatoms. The van der Waals surface area contributed by atoms with E-state index in [1.165, 1.54) is 17.4 Å². The van der Waals surface area contributed by atoms with Crippen molar-refractivity contribution in [2.45, 2.75) is 31.2 Å². The Bertz CT molecular complexity index is 1160. The highest BCUT2D eigenvalue weighted by molar-refractivity contribution is 7.92. The van der Waals surface area contributed by atoms with Crippen LogP contribution in [0.2, 0.25) is 0 Å². The van der Waals surface area contributed by atoms with E-state index in [1.54, 1.807) is 0 Å². The Balaban J connectivity index is 2.34. The van der Waals surface area contributed by atoms with E-state index >= 15 is 0 Å². The lowest BCUT2D eigenvalue weighted by Crippen LogP contribution is -2.56. The Morgan fingerprint density at radius 2 is 1.57 bits per heavy atom. The van der Waals surface area contributed by atoms with E-state index < -0.39 is 83.3 Å². The molecule has 0 aliphatic carbocycles. The largest absolute Gasteiger partial charge is 0.455 e. The average molecular weight is 568 g/mol. The highest BCUT2D eigenvalue weighted by Gasteiger charge is 2.57. The van der Waals surface area contributed by atoms with E-state index in [4.69, 9.17) is 0 Å². The van der Waals surface area contributed by atoms with Gasteiger partial charge in [0, 0.05) is 0 Å². The summed E-state index contributed by atoms with van der Waals surface area (Å²) in [6.07, 6.45) is -10.3. The monoisotopic (exact) mass is 568 g/mol. The zero-order valence-electron chi connectivity index (χ0n) is 19.0. The average Bonchev–Trinajstić information content (AvgIpc) is 2.85. The summed E-state index contributed by atoms with van der Waals surface area (Å²) in [6, 6.07) is 2.68. The first-order valence-electron chi connectivity index (χ1n) is 10.1. The third-order valence-electron chi connectivity index (χ3n) is 5.09. The molecule has 1 aliphatic rings. The third-order valence-corrected chi connectivity index (χ3v) is 6.24. The van der Waals surface area contributed by atoms with Crippen LogP contribution in [0.25, 0.3) is 0 Å². The van der Waals surface area contributed by atoms with Gasteiger partial charge in [0.25, 0.3) is 5.91 Å². The molecule has 1 aromatic carbocycles. The molecular formula is C19H20F8N4O5S. The zero-order chi connectivity index (χ0) is 28.6. The van der Waals surface area contributed by atoms with Crippen molar-refractivity contribution in [2.75, 3.05) is 35.1 Å². The second kappa shape index (κ2) is 10.3. The first kappa shape index (κ1) is 30.0. The lowest BCUT2D eigenvalue weighted by atomic mass is 10.1. The summed E-state index contributed by atoms with van der Waals surface area (Å²) >= 11 is 0. The number of alkyl halides is 8. The molecule has 2 unspecified atom stereocenters. The lowest BCUT2D eigenvalue weighted by Gasteiger charge is -2.27. The number of fused-ring (bicyclic) bond motifs is 1. The molecule has 9 nitrogen and oxygen atoms in total. The molecule has 3 amide bonds. The zero-order valence-corrected chi connectivity index (χ0v) is 19.8. The summed E-state index contributed by atoms with van der Waals surface area (Å²) in [5.41, 5.74) is -0.772. The number of para-hydroxylation sites is 2. The maximum atomic E-state index is 13.3. The molecule has 0 aromatic heterocycles. The summed E-state index contributed by atoms with van der Waals surface area (Å²) < 4.78 is 128. The molecule has 37 heavy (non-hydrogen) atoms. The summed E-state index contributed by atoms with van der Waals surface area (Å²) in [5, 5.41) is 3.13. The van der Waals surface area contributed by atoms with Crippen LogP contribution >= 0.6 is 0 Å². The number of nitrogens with zero attached hydrogens (tertiary/aromatic N) is 2. The highest BCUT2D eigenvalue weighted by Crippen LogP contribution is 2.36. The normalized spacial score (nSPS) is 18.1. The van der Waals surface area contributed by atoms with Gasteiger partial charge >= 0.3 is 18.3 Å². The van der Waals surface area contributed by atoms with Crippen molar-refractivity contribution < 1.29 is 57.9 Å². The maximum absolute atomic E-state index is 13.3. The van der Waals surface area contributed by atoms with Crippen molar-refractivity contribution in [1.82, 2.24) is 10.6 Å². The first-order chi connectivity index (χ1) is 16.7.